The normalized spacial score (nSPS) is 10.9. The number of halogens is 5. The summed E-state index contributed by atoms with van der Waals surface area (Å²) >= 11 is 7.14. The predicted molar refractivity (Wildman–Crippen MR) is 67.3 cm³/mol. The van der Waals surface area contributed by atoms with Gasteiger partial charge in [-0.3, -0.25) is 0 Å². The second kappa shape index (κ2) is 5.15. The Morgan fingerprint density at radius 3 is 2.54 bits per heavy atom. The SMILES string of the molecule is FC(F)c1nc(I)cc(I)c1CBr. The zero-order valence-electron chi connectivity index (χ0n) is 6.20. The maximum atomic E-state index is 12.5. The van der Waals surface area contributed by atoms with Crippen molar-refractivity contribution in [2.45, 2.75) is 11.8 Å². The van der Waals surface area contributed by atoms with Crippen LogP contribution in [0.4, 0.5) is 8.78 Å². The van der Waals surface area contributed by atoms with Gasteiger partial charge in [0.25, 0.3) is 6.43 Å². The van der Waals surface area contributed by atoms with Crippen molar-refractivity contribution in [3.05, 3.63) is 24.6 Å². The number of hydrogen-bond acceptors (Lipinski definition) is 1. The molecule has 0 aliphatic heterocycles. The van der Waals surface area contributed by atoms with Crippen molar-refractivity contribution in [2.75, 3.05) is 0 Å². The molecule has 0 aliphatic rings. The highest BCUT2D eigenvalue weighted by Crippen LogP contribution is 2.27. The Labute approximate surface area is 110 Å². The fourth-order valence-electron chi connectivity index (χ4n) is 0.842. The Balaban J connectivity index is 3.29. The molecule has 1 aromatic rings. The molecule has 0 atom stereocenters. The van der Waals surface area contributed by atoms with Crippen LogP contribution in [0, 0.1) is 7.27 Å². The molecule has 0 radical (unpaired) electrons. The lowest BCUT2D eigenvalue weighted by molar-refractivity contribution is 0.145. The lowest BCUT2D eigenvalue weighted by Crippen LogP contribution is -2.01. The summed E-state index contributed by atoms with van der Waals surface area (Å²) in [5.74, 6) is 0. The number of pyridine rings is 1. The third-order valence-corrected chi connectivity index (χ3v) is 3.49. The lowest BCUT2D eigenvalue weighted by atomic mass is 10.2. The first kappa shape index (κ1) is 12.0. The number of nitrogens with zero attached hydrogens (tertiary/aromatic N) is 1. The zero-order chi connectivity index (χ0) is 10.0. The summed E-state index contributed by atoms with van der Waals surface area (Å²) in [7, 11) is 0. The maximum Gasteiger partial charge on any atom is 0.280 e. The topological polar surface area (TPSA) is 12.9 Å². The molecule has 0 aliphatic carbocycles. The molecule has 0 amide bonds. The molecule has 0 bridgehead atoms. The van der Waals surface area contributed by atoms with Gasteiger partial charge in [-0.25, -0.2) is 13.8 Å². The molecule has 1 aromatic heterocycles. The standard InChI is InChI=1S/C7H4BrF2I2N/c8-2-3-4(11)1-5(12)13-6(3)7(9)10/h1,7H,2H2. The van der Waals surface area contributed by atoms with Crippen molar-refractivity contribution in [1.82, 2.24) is 4.98 Å². The van der Waals surface area contributed by atoms with Crippen molar-refractivity contribution < 1.29 is 8.78 Å². The van der Waals surface area contributed by atoms with Gasteiger partial charge in [-0.2, -0.15) is 0 Å². The average Bonchev–Trinajstić information content (AvgIpc) is 2.02. The van der Waals surface area contributed by atoms with E-state index in [0.717, 1.165) is 3.57 Å². The highest BCUT2D eigenvalue weighted by atomic mass is 127. The largest absolute Gasteiger partial charge is 0.280 e. The minimum Gasteiger partial charge on any atom is -0.240 e. The molecule has 0 N–H and O–H groups in total. The van der Waals surface area contributed by atoms with Gasteiger partial charge in [-0.1, -0.05) is 15.9 Å². The van der Waals surface area contributed by atoms with Crippen LogP contribution in [0.5, 0.6) is 0 Å². The first-order chi connectivity index (χ1) is 6.06. The van der Waals surface area contributed by atoms with Crippen LogP contribution in [-0.4, -0.2) is 4.98 Å². The van der Waals surface area contributed by atoms with Gasteiger partial charge >= 0.3 is 0 Å². The molecule has 13 heavy (non-hydrogen) atoms. The van der Waals surface area contributed by atoms with E-state index in [1.807, 2.05) is 45.2 Å². The van der Waals surface area contributed by atoms with Crippen molar-refractivity contribution in [1.29, 1.82) is 0 Å². The molecule has 1 nitrogen and oxygen atoms in total. The van der Waals surface area contributed by atoms with Crippen LogP contribution in [0.15, 0.2) is 6.07 Å². The van der Waals surface area contributed by atoms with Gasteiger partial charge in [0, 0.05) is 14.5 Å². The Morgan fingerprint density at radius 1 is 1.46 bits per heavy atom. The first-order valence-electron chi connectivity index (χ1n) is 3.25. The van der Waals surface area contributed by atoms with Crippen molar-refractivity contribution in [3.63, 3.8) is 0 Å². The molecular formula is C7H4BrF2I2N. The van der Waals surface area contributed by atoms with Crippen molar-refractivity contribution in [3.8, 4) is 0 Å². The summed E-state index contributed by atoms with van der Waals surface area (Å²) in [5, 5.41) is 0.412. The monoisotopic (exact) mass is 473 g/mol. The number of rotatable bonds is 2. The van der Waals surface area contributed by atoms with Gasteiger partial charge < -0.3 is 0 Å². The minimum absolute atomic E-state index is 0.117. The van der Waals surface area contributed by atoms with E-state index >= 15 is 0 Å². The van der Waals surface area contributed by atoms with E-state index in [2.05, 4.69) is 20.9 Å². The first-order valence-corrected chi connectivity index (χ1v) is 6.53. The van der Waals surface area contributed by atoms with Crippen LogP contribution in [0.25, 0.3) is 0 Å². The van der Waals surface area contributed by atoms with Gasteiger partial charge in [-0.05, 0) is 51.2 Å². The summed E-state index contributed by atoms with van der Waals surface area (Å²) in [6.07, 6.45) is -2.50. The van der Waals surface area contributed by atoms with Crippen molar-refractivity contribution >= 4 is 61.1 Å². The van der Waals surface area contributed by atoms with E-state index in [9.17, 15) is 8.78 Å². The Bertz CT molecular complexity index is 320. The van der Waals surface area contributed by atoms with Crippen LogP contribution < -0.4 is 0 Å². The highest BCUT2D eigenvalue weighted by molar-refractivity contribution is 14.1. The second-order valence-corrected chi connectivity index (χ2v) is 5.05. The molecule has 0 saturated carbocycles. The van der Waals surface area contributed by atoms with Crippen LogP contribution in [0.3, 0.4) is 0 Å². The van der Waals surface area contributed by atoms with Gasteiger partial charge in [0.1, 0.15) is 9.39 Å². The lowest BCUT2D eigenvalue weighted by Gasteiger charge is -2.07. The van der Waals surface area contributed by atoms with Gasteiger partial charge in [0.05, 0.1) is 0 Å². The summed E-state index contributed by atoms with van der Waals surface area (Å²) in [6.45, 7) is 0. The average molecular weight is 474 g/mol. The molecule has 0 unspecified atom stereocenters. The molecule has 1 heterocycles. The number of aromatic nitrogens is 1. The smallest absolute Gasteiger partial charge is 0.240 e. The number of hydrogen-bond donors (Lipinski definition) is 0. The van der Waals surface area contributed by atoms with E-state index in [-0.39, 0.29) is 5.69 Å². The maximum absolute atomic E-state index is 12.5. The quantitative estimate of drug-likeness (QED) is 0.358. The molecule has 0 fully saturated rings. The fraction of sp³-hybridized carbons (Fsp3) is 0.286. The van der Waals surface area contributed by atoms with Gasteiger partial charge in [0.2, 0.25) is 0 Å². The molecule has 1 rings (SSSR count). The fourth-order valence-corrected chi connectivity index (χ4v) is 3.88. The van der Waals surface area contributed by atoms with Crippen LogP contribution in [0.1, 0.15) is 17.7 Å². The molecule has 0 saturated heterocycles. The van der Waals surface area contributed by atoms with Crippen LogP contribution in [-0.2, 0) is 5.33 Å². The third kappa shape index (κ3) is 2.95. The minimum atomic E-state index is -2.50. The Hall–Kier alpha value is 0.950. The summed E-state index contributed by atoms with van der Waals surface area (Å²) in [5.41, 5.74) is 0.462. The van der Waals surface area contributed by atoms with E-state index in [1.165, 1.54) is 0 Å². The van der Waals surface area contributed by atoms with E-state index in [4.69, 9.17) is 0 Å². The third-order valence-electron chi connectivity index (χ3n) is 1.41. The van der Waals surface area contributed by atoms with Crippen LogP contribution >= 0.6 is 61.1 Å². The van der Waals surface area contributed by atoms with Crippen LogP contribution in [0.2, 0.25) is 0 Å². The second-order valence-electron chi connectivity index (χ2n) is 2.22. The van der Waals surface area contributed by atoms with Gasteiger partial charge in [0.15, 0.2) is 0 Å². The molecule has 6 heteroatoms. The molecule has 0 aromatic carbocycles. The summed E-state index contributed by atoms with van der Waals surface area (Å²) < 4.78 is 26.4. The zero-order valence-corrected chi connectivity index (χ0v) is 12.1. The van der Waals surface area contributed by atoms with E-state index in [0.29, 0.717) is 14.6 Å². The Kier molecular flexibility index (Phi) is 4.76. The Morgan fingerprint density at radius 2 is 2.08 bits per heavy atom. The number of alkyl halides is 3. The van der Waals surface area contributed by atoms with Gasteiger partial charge in [-0.15, -0.1) is 0 Å². The van der Waals surface area contributed by atoms with E-state index in [1.54, 1.807) is 6.07 Å². The highest BCUT2D eigenvalue weighted by Gasteiger charge is 2.17. The molecule has 72 valence electrons. The predicted octanol–water partition coefficient (Wildman–Crippen LogP) is 4.12. The summed E-state index contributed by atoms with van der Waals surface area (Å²) in [6, 6.07) is 1.78. The van der Waals surface area contributed by atoms with E-state index < -0.39 is 6.43 Å². The molecule has 0 spiro atoms. The summed E-state index contributed by atoms with van der Waals surface area (Å²) in [4.78, 5) is 3.81. The van der Waals surface area contributed by atoms with Crippen molar-refractivity contribution in [2.24, 2.45) is 0 Å². The molecular weight excluding hydrogens is 470 g/mol.